The molecule has 0 saturated carbocycles. The Balaban J connectivity index is 1.52. The average Bonchev–Trinajstić information content (AvgIpc) is 3.13. The van der Waals surface area contributed by atoms with Crippen LogP contribution in [0.15, 0.2) is 12.3 Å². The number of rotatable bonds is 5. The number of hydrogen-bond donors (Lipinski definition) is 2. The van der Waals surface area contributed by atoms with Crippen LogP contribution >= 0.6 is 11.3 Å². The van der Waals surface area contributed by atoms with Crippen molar-refractivity contribution in [3.8, 4) is 0 Å². The molecule has 0 radical (unpaired) electrons. The lowest BCUT2D eigenvalue weighted by atomic mass is 10.2. The van der Waals surface area contributed by atoms with Gasteiger partial charge in [0.2, 0.25) is 0 Å². The van der Waals surface area contributed by atoms with E-state index in [2.05, 4.69) is 15.6 Å². The highest BCUT2D eigenvalue weighted by molar-refractivity contribution is 7.14. The number of carboxylic acid groups (broad SMARTS) is 1. The minimum absolute atomic E-state index is 0.0898. The van der Waals surface area contributed by atoms with E-state index in [9.17, 15) is 9.59 Å². The number of carbonyl (C=O) groups is 2. The maximum absolute atomic E-state index is 12.0. The van der Waals surface area contributed by atoms with Crippen molar-refractivity contribution in [1.29, 1.82) is 0 Å². The van der Waals surface area contributed by atoms with E-state index < -0.39 is 5.97 Å². The molecule has 1 aliphatic carbocycles. The van der Waals surface area contributed by atoms with Gasteiger partial charge in [0, 0.05) is 11.4 Å². The molecule has 2 aromatic heterocycles. The molecule has 21 heavy (non-hydrogen) atoms. The van der Waals surface area contributed by atoms with Gasteiger partial charge in [-0.3, -0.25) is 4.79 Å². The number of nitrogens with zero attached hydrogens (tertiary/aromatic N) is 3. The number of nitrogens with one attached hydrogen (secondary N) is 1. The molecule has 8 heteroatoms. The molecule has 0 bridgehead atoms. The zero-order valence-corrected chi connectivity index (χ0v) is 12.0. The maximum Gasteiger partial charge on any atom is 0.358 e. The Labute approximate surface area is 124 Å². The highest BCUT2D eigenvalue weighted by Gasteiger charge is 2.18. The summed E-state index contributed by atoms with van der Waals surface area (Å²) in [6.45, 7) is 0.765. The molecular formula is C13H14N4O3S. The van der Waals surface area contributed by atoms with Crippen LogP contribution in [0.2, 0.25) is 0 Å². The summed E-state index contributed by atoms with van der Waals surface area (Å²) >= 11 is 1.56. The second kappa shape index (κ2) is 5.65. The summed E-state index contributed by atoms with van der Waals surface area (Å²) in [5, 5.41) is 18.7. The number of aromatic nitrogens is 3. The van der Waals surface area contributed by atoms with Crippen LogP contribution in [0.1, 0.15) is 37.0 Å². The molecule has 110 valence electrons. The van der Waals surface area contributed by atoms with Gasteiger partial charge in [-0.25, -0.2) is 9.48 Å². The molecule has 1 amide bonds. The summed E-state index contributed by atoms with van der Waals surface area (Å²) in [6, 6.07) is 1.97. The summed E-state index contributed by atoms with van der Waals surface area (Å²) in [5.74, 6) is -1.20. The van der Waals surface area contributed by atoms with Crippen LogP contribution < -0.4 is 5.32 Å². The quantitative estimate of drug-likeness (QED) is 0.857. The van der Waals surface area contributed by atoms with Crippen LogP contribution in [0.4, 0.5) is 0 Å². The largest absolute Gasteiger partial charge is 0.476 e. The smallest absolute Gasteiger partial charge is 0.358 e. The number of aromatic carboxylic acids is 1. The van der Waals surface area contributed by atoms with Gasteiger partial charge in [-0.2, -0.15) is 0 Å². The van der Waals surface area contributed by atoms with Crippen molar-refractivity contribution in [2.24, 2.45) is 0 Å². The lowest BCUT2D eigenvalue weighted by Crippen LogP contribution is -2.26. The number of carboxylic acids is 1. The lowest BCUT2D eigenvalue weighted by Gasteiger charge is -2.03. The minimum atomic E-state index is -1.11. The van der Waals surface area contributed by atoms with Crippen LogP contribution in [0.25, 0.3) is 0 Å². The molecule has 0 aromatic carbocycles. The summed E-state index contributed by atoms with van der Waals surface area (Å²) < 4.78 is 1.40. The van der Waals surface area contributed by atoms with Crippen molar-refractivity contribution in [3.63, 3.8) is 0 Å². The first kappa shape index (κ1) is 13.7. The predicted octanol–water partition coefficient (Wildman–Crippen LogP) is 0.956. The molecule has 2 N–H and O–H groups in total. The molecule has 0 saturated heterocycles. The third-order valence-corrected chi connectivity index (χ3v) is 4.59. The number of amides is 1. The molecule has 2 heterocycles. The number of carbonyl (C=O) groups excluding carboxylic acids is 1. The Hall–Kier alpha value is -2.22. The second-order valence-corrected chi connectivity index (χ2v) is 5.98. The molecule has 0 atom stereocenters. The van der Waals surface area contributed by atoms with Gasteiger partial charge < -0.3 is 10.4 Å². The highest BCUT2D eigenvalue weighted by Crippen LogP contribution is 2.30. The van der Waals surface area contributed by atoms with Crippen LogP contribution in [0.5, 0.6) is 0 Å². The first-order valence-corrected chi connectivity index (χ1v) is 7.48. The first-order valence-electron chi connectivity index (χ1n) is 6.66. The van der Waals surface area contributed by atoms with E-state index in [0.29, 0.717) is 13.1 Å². The van der Waals surface area contributed by atoms with Crippen LogP contribution in [0.3, 0.4) is 0 Å². The monoisotopic (exact) mass is 306 g/mol. The normalized spacial score (nSPS) is 13.1. The van der Waals surface area contributed by atoms with Crippen LogP contribution in [-0.4, -0.2) is 38.5 Å². The fourth-order valence-electron chi connectivity index (χ4n) is 2.32. The molecule has 0 aliphatic heterocycles. The first-order chi connectivity index (χ1) is 10.1. The minimum Gasteiger partial charge on any atom is -0.476 e. The van der Waals surface area contributed by atoms with Gasteiger partial charge in [0.1, 0.15) is 0 Å². The van der Waals surface area contributed by atoms with E-state index in [0.717, 1.165) is 17.7 Å². The molecule has 0 unspecified atom stereocenters. The SMILES string of the molecule is O=C(O)c1cn(CCNC(=O)c2cc3c(s2)CCC3)nn1. The summed E-state index contributed by atoms with van der Waals surface area (Å²) in [4.78, 5) is 24.7. The molecule has 7 nitrogen and oxygen atoms in total. The summed E-state index contributed by atoms with van der Waals surface area (Å²) in [6.07, 6.45) is 4.66. The number of thiophene rings is 1. The second-order valence-electron chi connectivity index (χ2n) is 4.84. The van der Waals surface area contributed by atoms with E-state index in [1.165, 1.54) is 27.7 Å². The van der Waals surface area contributed by atoms with Gasteiger partial charge in [0.05, 0.1) is 17.6 Å². The van der Waals surface area contributed by atoms with E-state index in [-0.39, 0.29) is 11.6 Å². The van der Waals surface area contributed by atoms with Crippen molar-refractivity contribution in [3.05, 3.63) is 33.3 Å². The van der Waals surface area contributed by atoms with E-state index in [1.54, 1.807) is 11.3 Å². The third-order valence-electron chi connectivity index (χ3n) is 3.35. The fourth-order valence-corrected chi connectivity index (χ4v) is 3.49. The zero-order valence-electron chi connectivity index (χ0n) is 11.2. The lowest BCUT2D eigenvalue weighted by molar-refractivity contribution is 0.0690. The molecular weight excluding hydrogens is 292 g/mol. The maximum atomic E-state index is 12.0. The molecule has 0 spiro atoms. The van der Waals surface area contributed by atoms with Crippen LogP contribution in [-0.2, 0) is 19.4 Å². The molecule has 2 aromatic rings. The fraction of sp³-hybridized carbons (Fsp3) is 0.385. The third kappa shape index (κ3) is 2.94. The Morgan fingerprint density at radius 3 is 3.00 bits per heavy atom. The van der Waals surface area contributed by atoms with Gasteiger partial charge >= 0.3 is 5.97 Å². The Bertz CT molecular complexity index is 670. The number of aryl methyl sites for hydroxylation is 2. The zero-order chi connectivity index (χ0) is 14.8. The summed E-state index contributed by atoms with van der Waals surface area (Å²) in [7, 11) is 0. The number of hydrogen-bond acceptors (Lipinski definition) is 5. The van der Waals surface area contributed by atoms with Gasteiger partial charge in [-0.15, -0.1) is 16.4 Å². The highest BCUT2D eigenvalue weighted by atomic mass is 32.1. The van der Waals surface area contributed by atoms with Crippen molar-refractivity contribution >= 4 is 23.2 Å². The van der Waals surface area contributed by atoms with E-state index >= 15 is 0 Å². The van der Waals surface area contributed by atoms with Crippen molar-refractivity contribution in [1.82, 2.24) is 20.3 Å². The predicted molar refractivity (Wildman–Crippen MR) is 75.7 cm³/mol. The topological polar surface area (TPSA) is 97.1 Å². The molecule has 3 rings (SSSR count). The standard InChI is InChI=1S/C13H14N4O3S/c18-12(11-6-8-2-1-3-10(8)21-11)14-4-5-17-7-9(13(19)20)15-16-17/h6-7H,1-5H2,(H,14,18)(H,19,20). The van der Waals surface area contributed by atoms with Crippen LogP contribution in [0, 0.1) is 0 Å². The Kier molecular flexibility index (Phi) is 3.70. The molecule has 0 fully saturated rings. The van der Waals surface area contributed by atoms with Crippen molar-refractivity contribution < 1.29 is 14.7 Å². The van der Waals surface area contributed by atoms with Gasteiger partial charge in [-0.05, 0) is 30.9 Å². The van der Waals surface area contributed by atoms with Crippen molar-refractivity contribution in [2.45, 2.75) is 25.8 Å². The number of fused-ring (bicyclic) bond motifs is 1. The molecule has 1 aliphatic rings. The average molecular weight is 306 g/mol. The Morgan fingerprint density at radius 2 is 2.29 bits per heavy atom. The summed E-state index contributed by atoms with van der Waals surface area (Å²) in [5.41, 5.74) is 1.20. The van der Waals surface area contributed by atoms with Crippen molar-refractivity contribution in [2.75, 3.05) is 6.54 Å². The van der Waals surface area contributed by atoms with E-state index in [1.807, 2.05) is 6.07 Å². The van der Waals surface area contributed by atoms with Gasteiger partial charge in [-0.1, -0.05) is 5.21 Å². The van der Waals surface area contributed by atoms with E-state index in [4.69, 9.17) is 5.11 Å². The van der Waals surface area contributed by atoms with Gasteiger partial charge in [0.25, 0.3) is 5.91 Å². The van der Waals surface area contributed by atoms with Gasteiger partial charge in [0.15, 0.2) is 5.69 Å². The Morgan fingerprint density at radius 1 is 1.43 bits per heavy atom.